The van der Waals surface area contributed by atoms with E-state index in [1.807, 2.05) is 12.1 Å². The molecule has 20 heavy (non-hydrogen) atoms. The highest BCUT2D eigenvalue weighted by atomic mass is 16.2. The first-order valence-corrected chi connectivity index (χ1v) is 7.70. The van der Waals surface area contributed by atoms with Crippen LogP contribution >= 0.6 is 0 Å². The lowest BCUT2D eigenvalue weighted by molar-refractivity contribution is 0.0676. The highest BCUT2D eigenvalue weighted by Crippen LogP contribution is 2.28. The molecule has 1 aromatic heterocycles. The Hall–Kier alpha value is -1.58. The first-order valence-electron chi connectivity index (χ1n) is 7.70. The van der Waals surface area contributed by atoms with Gasteiger partial charge in [0.05, 0.1) is 0 Å². The summed E-state index contributed by atoms with van der Waals surface area (Å²) in [5, 5.41) is 3.23. The fourth-order valence-corrected chi connectivity index (χ4v) is 2.90. The molecule has 4 nitrogen and oxygen atoms in total. The van der Waals surface area contributed by atoms with Crippen molar-refractivity contribution >= 4 is 11.7 Å². The molecule has 1 aliphatic rings. The van der Waals surface area contributed by atoms with Crippen LogP contribution in [0.5, 0.6) is 0 Å². The minimum Gasteiger partial charge on any atom is -0.370 e. The molecule has 2 unspecified atom stereocenters. The third-order valence-electron chi connectivity index (χ3n) is 4.05. The molecular formula is C16H25N3O. The zero-order chi connectivity index (χ0) is 14.5. The predicted molar refractivity (Wildman–Crippen MR) is 82.0 cm³/mol. The molecule has 1 aliphatic heterocycles. The van der Waals surface area contributed by atoms with Crippen molar-refractivity contribution < 1.29 is 4.79 Å². The van der Waals surface area contributed by atoms with Gasteiger partial charge in [-0.25, -0.2) is 4.98 Å². The molecule has 1 N–H and O–H groups in total. The number of carbonyl (C=O) groups excluding carboxylic acids is 1. The van der Waals surface area contributed by atoms with Crippen LogP contribution in [-0.4, -0.2) is 34.4 Å². The van der Waals surface area contributed by atoms with E-state index >= 15 is 0 Å². The second-order valence-corrected chi connectivity index (χ2v) is 5.56. The van der Waals surface area contributed by atoms with E-state index in [-0.39, 0.29) is 5.91 Å². The Labute approximate surface area is 121 Å². The van der Waals surface area contributed by atoms with Crippen molar-refractivity contribution in [3.8, 4) is 0 Å². The summed E-state index contributed by atoms with van der Waals surface area (Å²) >= 11 is 0. The second kappa shape index (κ2) is 6.73. The van der Waals surface area contributed by atoms with E-state index in [4.69, 9.17) is 0 Å². The monoisotopic (exact) mass is 275 g/mol. The standard InChI is InChI=1S/C16H25N3O/c1-4-9-17-15-11-13(8-10-18-15)16(20)19-12(3)6-7-14(19)5-2/h8,10-12,14H,4-7,9H2,1-3H3,(H,17,18). The van der Waals surface area contributed by atoms with Crippen LogP contribution < -0.4 is 5.32 Å². The van der Waals surface area contributed by atoms with Crippen LogP contribution in [0.2, 0.25) is 0 Å². The highest BCUT2D eigenvalue weighted by Gasteiger charge is 2.33. The maximum absolute atomic E-state index is 12.7. The molecule has 2 atom stereocenters. The second-order valence-electron chi connectivity index (χ2n) is 5.56. The molecule has 4 heteroatoms. The summed E-state index contributed by atoms with van der Waals surface area (Å²) in [4.78, 5) is 19.0. The summed E-state index contributed by atoms with van der Waals surface area (Å²) in [5.41, 5.74) is 0.741. The molecule has 0 spiro atoms. The zero-order valence-corrected chi connectivity index (χ0v) is 12.7. The number of nitrogens with zero attached hydrogens (tertiary/aromatic N) is 2. The van der Waals surface area contributed by atoms with Gasteiger partial charge in [-0.2, -0.15) is 0 Å². The fraction of sp³-hybridized carbons (Fsp3) is 0.625. The van der Waals surface area contributed by atoms with Crippen molar-refractivity contribution in [3.63, 3.8) is 0 Å². The van der Waals surface area contributed by atoms with Crippen molar-refractivity contribution in [2.45, 2.75) is 58.5 Å². The Kier molecular flexibility index (Phi) is 4.99. The van der Waals surface area contributed by atoms with Crippen LogP contribution in [0.3, 0.4) is 0 Å². The summed E-state index contributed by atoms with van der Waals surface area (Å²) < 4.78 is 0. The predicted octanol–water partition coefficient (Wildman–Crippen LogP) is 3.31. The lowest BCUT2D eigenvalue weighted by Crippen LogP contribution is -2.39. The number of anilines is 1. The molecule has 1 amide bonds. The molecule has 2 rings (SSSR count). The van der Waals surface area contributed by atoms with Gasteiger partial charge in [0.1, 0.15) is 5.82 Å². The van der Waals surface area contributed by atoms with Gasteiger partial charge in [0.25, 0.3) is 5.91 Å². The number of aromatic nitrogens is 1. The molecule has 0 aliphatic carbocycles. The number of hydrogen-bond donors (Lipinski definition) is 1. The van der Waals surface area contributed by atoms with Crippen LogP contribution in [0.25, 0.3) is 0 Å². The van der Waals surface area contributed by atoms with Crippen molar-refractivity contribution in [2.24, 2.45) is 0 Å². The average molecular weight is 275 g/mol. The fourth-order valence-electron chi connectivity index (χ4n) is 2.90. The van der Waals surface area contributed by atoms with Crippen LogP contribution in [0.1, 0.15) is 56.8 Å². The number of nitrogens with one attached hydrogen (secondary N) is 1. The Balaban J connectivity index is 2.15. The van der Waals surface area contributed by atoms with E-state index in [9.17, 15) is 4.79 Å². The summed E-state index contributed by atoms with van der Waals surface area (Å²) in [5.74, 6) is 0.932. The molecule has 1 fully saturated rings. The Morgan fingerprint density at radius 2 is 2.25 bits per heavy atom. The Bertz CT molecular complexity index is 461. The number of amides is 1. The van der Waals surface area contributed by atoms with Crippen LogP contribution in [0.15, 0.2) is 18.3 Å². The Morgan fingerprint density at radius 3 is 2.95 bits per heavy atom. The van der Waals surface area contributed by atoms with E-state index < -0.39 is 0 Å². The summed E-state index contributed by atoms with van der Waals surface area (Å²) in [6, 6.07) is 4.41. The smallest absolute Gasteiger partial charge is 0.254 e. The molecular weight excluding hydrogens is 250 g/mol. The van der Waals surface area contributed by atoms with Gasteiger partial charge in [-0.1, -0.05) is 13.8 Å². The van der Waals surface area contributed by atoms with E-state index in [0.29, 0.717) is 12.1 Å². The van der Waals surface area contributed by atoms with Crippen molar-refractivity contribution in [1.82, 2.24) is 9.88 Å². The van der Waals surface area contributed by atoms with Gasteiger partial charge in [-0.15, -0.1) is 0 Å². The topological polar surface area (TPSA) is 45.2 Å². The maximum Gasteiger partial charge on any atom is 0.254 e. The van der Waals surface area contributed by atoms with E-state index in [0.717, 1.165) is 43.6 Å². The number of pyridine rings is 1. The largest absolute Gasteiger partial charge is 0.370 e. The zero-order valence-electron chi connectivity index (χ0n) is 12.7. The average Bonchev–Trinajstić information content (AvgIpc) is 2.85. The van der Waals surface area contributed by atoms with Gasteiger partial charge in [-0.05, 0) is 44.7 Å². The van der Waals surface area contributed by atoms with Gasteiger partial charge in [0.2, 0.25) is 0 Å². The molecule has 0 bridgehead atoms. The van der Waals surface area contributed by atoms with Gasteiger partial charge < -0.3 is 10.2 Å². The first kappa shape index (κ1) is 14.8. The summed E-state index contributed by atoms with van der Waals surface area (Å²) in [6.07, 6.45) is 6.02. The van der Waals surface area contributed by atoms with Crippen LogP contribution in [0.4, 0.5) is 5.82 Å². The normalized spacial score (nSPS) is 22.1. The van der Waals surface area contributed by atoms with Gasteiger partial charge in [0.15, 0.2) is 0 Å². The number of carbonyl (C=O) groups is 1. The molecule has 1 aromatic rings. The maximum atomic E-state index is 12.7. The number of likely N-dealkylation sites (tertiary alicyclic amines) is 1. The van der Waals surface area contributed by atoms with E-state index in [1.54, 1.807) is 6.20 Å². The molecule has 1 saturated heterocycles. The molecule has 0 radical (unpaired) electrons. The number of hydrogen-bond acceptors (Lipinski definition) is 3. The van der Waals surface area contributed by atoms with Crippen molar-refractivity contribution in [2.75, 3.05) is 11.9 Å². The van der Waals surface area contributed by atoms with Crippen molar-refractivity contribution in [1.29, 1.82) is 0 Å². The molecule has 2 heterocycles. The van der Waals surface area contributed by atoms with Gasteiger partial charge in [0, 0.05) is 30.4 Å². The highest BCUT2D eigenvalue weighted by molar-refractivity contribution is 5.95. The summed E-state index contributed by atoms with van der Waals surface area (Å²) in [6.45, 7) is 7.29. The molecule has 0 aromatic carbocycles. The lowest BCUT2D eigenvalue weighted by Gasteiger charge is -2.28. The molecule has 110 valence electrons. The third kappa shape index (κ3) is 3.11. The minimum absolute atomic E-state index is 0.142. The van der Waals surface area contributed by atoms with E-state index in [2.05, 4.69) is 36.0 Å². The first-order chi connectivity index (χ1) is 9.67. The van der Waals surface area contributed by atoms with Gasteiger partial charge >= 0.3 is 0 Å². The van der Waals surface area contributed by atoms with Gasteiger partial charge in [-0.3, -0.25) is 4.79 Å². The Morgan fingerprint density at radius 1 is 1.45 bits per heavy atom. The van der Waals surface area contributed by atoms with Crippen molar-refractivity contribution in [3.05, 3.63) is 23.9 Å². The minimum atomic E-state index is 0.142. The van der Waals surface area contributed by atoms with Crippen LogP contribution in [-0.2, 0) is 0 Å². The lowest BCUT2D eigenvalue weighted by atomic mass is 10.1. The quantitative estimate of drug-likeness (QED) is 0.896. The summed E-state index contributed by atoms with van der Waals surface area (Å²) in [7, 11) is 0. The van der Waals surface area contributed by atoms with Crippen LogP contribution in [0, 0.1) is 0 Å². The molecule has 0 saturated carbocycles. The number of rotatable bonds is 5. The third-order valence-corrected chi connectivity index (χ3v) is 4.05. The van der Waals surface area contributed by atoms with E-state index in [1.165, 1.54) is 0 Å². The SMILES string of the molecule is CCCNc1cc(C(=O)N2C(C)CCC2CC)ccn1.